The van der Waals surface area contributed by atoms with E-state index in [0.29, 0.717) is 10.2 Å². The Balaban J connectivity index is 1.54. The molecule has 0 saturated heterocycles. The average molecular weight is 422 g/mol. The molecule has 0 spiro atoms. The Bertz CT molecular complexity index is 1120. The number of benzene rings is 1. The molecule has 0 fully saturated rings. The van der Waals surface area contributed by atoms with Gasteiger partial charge in [0.15, 0.2) is 5.16 Å². The molecule has 0 radical (unpaired) electrons. The molecule has 1 amide bonds. The van der Waals surface area contributed by atoms with Crippen molar-refractivity contribution in [2.45, 2.75) is 24.4 Å². The first-order chi connectivity index (χ1) is 12.9. The summed E-state index contributed by atoms with van der Waals surface area (Å²) in [5, 5.41) is 14.0. The Hall–Kier alpha value is -2.03. The Morgan fingerprint density at radius 2 is 2.26 bits per heavy atom. The quantitative estimate of drug-likeness (QED) is 0.382. The molecule has 2 heterocycles. The molecular weight excluding hydrogens is 406 g/mol. The number of halogens is 1. The highest BCUT2D eigenvalue weighted by atomic mass is 35.5. The third-order valence-electron chi connectivity index (χ3n) is 4.47. The second-order valence-corrected chi connectivity index (χ2v) is 8.76. The third-order valence-corrected chi connectivity index (χ3v) is 6.92. The van der Waals surface area contributed by atoms with Crippen molar-refractivity contribution in [2.24, 2.45) is 7.05 Å². The van der Waals surface area contributed by atoms with Crippen LogP contribution in [0, 0.1) is 0 Å². The van der Waals surface area contributed by atoms with Gasteiger partial charge in [-0.15, -0.1) is 11.3 Å². The Kier molecular flexibility index (Phi) is 4.88. The topological polar surface area (TPSA) is 84.2 Å². The van der Waals surface area contributed by atoms with Gasteiger partial charge >= 0.3 is 0 Å². The minimum Gasteiger partial charge on any atom is -0.506 e. The van der Waals surface area contributed by atoms with E-state index in [2.05, 4.69) is 10.3 Å². The van der Waals surface area contributed by atoms with Crippen molar-refractivity contribution in [3.63, 3.8) is 0 Å². The molecule has 6 nitrogen and oxygen atoms in total. The number of carbonyl (C=O) groups excluding carboxylic acids is 1. The molecule has 0 atom stereocenters. The second-order valence-electron chi connectivity index (χ2n) is 6.29. The van der Waals surface area contributed by atoms with Gasteiger partial charge < -0.3 is 10.4 Å². The first kappa shape index (κ1) is 18.3. The summed E-state index contributed by atoms with van der Waals surface area (Å²) in [6.07, 6.45) is 3.03. The van der Waals surface area contributed by atoms with E-state index < -0.39 is 0 Å². The zero-order valence-electron chi connectivity index (χ0n) is 14.4. The molecule has 0 aliphatic heterocycles. The van der Waals surface area contributed by atoms with Crippen LogP contribution in [0.5, 0.6) is 5.75 Å². The molecule has 0 unspecified atom stereocenters. The molecule has 0 saturated carbocycles. The normalized spacial score (nSPS) is 13.1. The fourth-order valence-corrected chi connectivity index (χ4v) is 5.41. The molecule has 0 bridgehead atoms. The van der Waals surface area contributed by atoms with Gasteiger partial charge in [0.1, 0.15) is 10.6 Å². The number of carbonyl (C=O) groups is 1. The van der Waals surface area contributed by atoms with E-state index in [9.17, 15) is 14.7 Å². The van der Waals surface area contributed by atoms with Crippen LogP contribution >= 0.6 is 34.7 Å². The van der Waals surface area contributed by atoms with E-state index in [0.717, 1.165) is 35.0 Å². The van der Waals surface area contributed by atoms with Gasteiger partial charge in [-0.05, 0) is 43.0 Å². The standard InChI is InChI=1S/C18H16ClN3O3S2/c1-22-17(25)15-10-3-2-4-13(10)27-16(15)21-18(22)26-8-14(24)20-11-7-9(19)5-6-12(11)23/h5-7,23H,2-4,8H2,1H3,(H,20,24). The molecule has 9 heteroatoms. The number of thioether (sulfide) groups is 1. The van der Waals surface area contributed by atoms with Crippen LogP contribution in [0.1, 0.15) is 16.9 Å². The van der Waals surface area contributed by atoms with E-state index in [4.69, 9.17) is 11.6 Å². The van der Waals surface area contributed by atoms with Gasteiger partial charge in [0.25, 0.3) is 5.56 Å². The number of phenolic OH excluding ortho intramolecular Hbond substituents is 1. The Labute approximate surface area is 168 Å². The van der Waals surface area contributed by atoms with E-state index in [-0.39, 0.29) is 28.7 Å². The van der Waals surface area contributed by atoms with Crippen LogP contribution in [-0.4, -0.2) is 26.3 Å². The van der Waals surface area contributed by atoms with Crippen molar-refractivity contribution < 1.29 is 9.90 Å². The van der Waals surface area contributed by atoms with Gasteiger partial charge in [-0.25, -0.2) is 4.98 Å². The van der Waals surface area contributed by atoms with Gasteiger partial charge in [0.05, 0.1) is 16.8 Å². The van der Waals surface area contributed by atoms with Gasteiger partial charge in [-0.3, -0.25) is 14.2 Å². The number of thiophene rings is 1. The molecule has 3 aromatic rings. The van der Waals surface area contributed by atoms with E-state index in [1.54, 1.807) is 18.4 Å². The summed E-state index contributed by atoms with van der Waals surface area (Å²) in [6.45, 7) is 0. The van der Waals surface area contributed by atoms with Gasteiger partial charge in [-0.1, -0.05) is 23.4 Å². The van der Waals surface area contributed by atoms with E-state index >= 15 is 0 Å². The number of aryl methyl sites for hydroxylation is 2. The molecule has 1 aromatic carbocycles. The van der Waals surface area contributed by atoms with E-state index in [1.807, 2.05) is 0 Å². The van der Waals surface area contributed by atoms with Crippen LogP contribution in [0.15, 0.2) is 28.2 Å². The van der Waals surface area contributed by atoms with Crippen LogP contribution in [-0.2, 0) is 24.7 Å². The van der Waals surface area contributed by atoms with Crippen LogP contribution in [0.2, 0.25) is 5.02 Å². The van der Waals surface area contributed by atoms with Crippen molar-refractivity contribution in [3.05, 3.63) is 44.0 Å². The molecule has 1 aliphatic carbocycles. The minimum absolute atomic E-state index is 0.0576. The maximum atomic E-state index is 12.8. The predicted molar refractivity (Wildman–Crippen MR) is 109 cm³/mol. The van der Waals surface area contributed by atoms with Crippen LogP contribution in [0.3, 0.4) is 0 Å². The van der Waals surface area contributed by atoms with Gasteiger partial charge in [-0.2, -0.15) is 0 Å². The van der Waals surface area contributed by atoms with Gasteiger partial charge in [0.2, 0.25) is 5.91 Å². The Morgan fingerprint density at radius 3 is 3.07 bits per heavy atom. The molecule has 2 aromatic heterocycles. The fraction of sp³-hybridized carbons (Fsp3) is 0.278. The summed E-state index contributed by atoms with van der Waals surface area (Å²) in [7, 11) is 1.68. The second kappa shape index (κ2) is 7.18. The maximum absolute atomic E-state index is 12.8. The third kappa shape index (κ3) is 3.44. The number of hydrogen-bond donors (Lipinski definition) is 2. The molecule has 2 N–H and O–H groups in total. The summed E-state index contributed by atoms with van der Waals surface area (Å²) in [5.74, 6) is -0.318. The predicted octanol–water partition coefficient (Wildman–Crippen LogP) is 3.57. The molecule has 140 valence electrons. The summed E-state index contributed by atoms with van der Waals surface area (Å²) in [4.78, 5) is 31.6. The average Bonchev–Trinajstić information content (AvgIpc) is 3.20. The van der Waals surface area contributed by atoms with Gasteiger partial charge in [0, 0.05) is 16.9 Å². The minimum atomic E-state index is -0.319. The number of phenols is 1. The number of fused-ring (bicyclic) bond motifs is 3. The zero-order valence-corrected chi connectivity index (χ0v) is 16.8. The number of anilines is 1. The first-order valence-electron chi connectivity index (χ1n) is 8.36. The number of nitrogens with zero attached hydrogens (tertiary/aromatic N) is 2. The number of aromatic hydroxyl groups is 1. The highest BCUT2D eigenvalue weighted by molar-refractivity contribution is 7.99. The smallest absolute Gasteiger partial charge is 0.262 e. The maximum Gasteiger partial charge on any atom is 0.262 e. The lowest BCUT2D eigenvalue weighted by atomic mass is 10.2. The Morgan fingerprint density at radius 1 is 1.44 bits per heavy atom. The molecule has 4 rings (SSSR count). The molecule has 27 heavy (non-hydrogen) atoms. The summed E-state index contributed by atoms with van der Waals surface area (Å²) in [6, 6.07) is 4.43. The summed E-state index contributed by atoms with van der Waals surface area (Å²) in [5.41, 5.74) is 1.34. The van der Waals surface area contributed by atoms with Crippen molar-refractivity contribution in [1.82, 2.24) is 9.55 Å². The molecular formula is C18H16ClN3O3S2. The van der Waals surface area contributed by atoms with Crippen LogP contribution in [0.25, 0.3) is 10.2 Å². The monoisotopic (exact) mass is 421 g/mol. The van der Waals surface area contributed by atoms with Crippen molar-refractivity contribution in [3.8, 4) is 5.75 Å². The lowest BCUT2D eigenvalue weighted by Gasteiger charge is -2.09. The highest BCUT2D eigenvalue weighted by Crippen LogP contribution is 2.35. The van der Waals surface area contributed by atoms with E-state index in [1.165, 1.54) is 39.4 Å². The molecule has 1 aliphatic rings. The van der Waals surface area contributed by atoms with Crippen molar-refractivity contribution in [1.29, 1.82) is 0 Å². The number of nitrogens with one attached hydrogen (secondary N) is 1. The fourth-order valence-electron chi connectivity index (χ4n) is 3.16. The van der Waals surface area contributed by atoms with Crippen LogP contribution < -0.4 is 10.9 Å². The lowest BCUT2D eigenvalue weighted by Crippen LogP contribution is -2.21. The number of hydrogen-bond acceptors (Lipinski definition) is 6. The number of rotatable bonds is 4. The first-order valence-corrected chi connectivity index (χ1v) is 10.5. The van der Waals surface area contributed by atoms with Crippen molar-refractivity contribution in [2.75, 3.05) is 11.1 Å². The zero-order chi connectivity index (χ0) is 19.1. The lowest BCUT2D eigenvalue weighted by molar-refractivity contribution is -0.113. The number of amides is 1. The number of aromatic nitrogens is 2. The summed E-state index contributed by atoms with van der Waals surface area (Å²) < 4.78 is 1.50. The highest BCUT2D eigenvalue weighted by Gasteiger charge is 2.22. The van der Waals surface area contributed by atoms with Crippen molar-refractivity contribution >= 4 is 56.5 Å². The largest absolute Gasteiger partial charge is 0.506 e. The summed E-state index contributed by atoms with van der Waals surface area (Å²) >= 11 is 8.65. The SMILES string of the molecule is Cn1c(SCC(=O)Nc2cc(Cl)ccc2O)nc2sc3c(c2c1=O)CCC3. The van der Waals surface area contributed by atoms with Crippen LogP contribution in [0.4, 0.5) is 5.69 Å².